The van der Waals surface area contributed by atoms with Crippen LogP contribution in [0.2, 0.25) is 0 Å². The average Bonchev–Trinajstić information content (AvgIpc) is 3.61. The van der Waals surface area contributed by atoms with Gasteiger partial charge in [-0.15, -0.1) is 0 Å². The molecule has 2 aromatic carbocycles. The highest BCUT2D eigenvalue weighted by Crippen LogP contribution is 2.51. The Labute approximate surface area is 388 Å². The Balaban J connectivity index is 1.84. The van der Waals surface area contributed by atoms with Crippen LogP contribution >= 0.6 is 0 Å². The van der Waals surface area contributed by atoms with E-state index in [1.165, 1.54) is 24.3 Å². The van der Waals surface area contributed by atoms with Gasteiger partial charge in [-0.3, -0.25) is 18.5 Å². The van der Waals surface area contributed by atoms with Crippen LogP contribution in [0, 0.1) is 0 Å². The van der Waals surface area contributed by atoms with Crippen LogP contribution in [-0.2, 0) is 74.4 Å². The lowest BCUT2D eigenvalue weighted by Crippen LogP contribution is -2.33. The molecular formula is C44H65N2O17S3+. The van der Waals surface area contributed by atoms with Gasteiger partial charge in [-0.2, -0.15) is 29.8 Å². The summed E-state index contributed by atoms with van der Waals surface area (Å²) in [7, 11) is -10.4. The molecule has 2 aliphatic rings. The quantitative estimate of drug-likeness (QED) is 0.0435. The van der Waals surface area contributed by atoms with Gasteiger partial charge in [0, 0.05) is 81.3 Å². The van der Waals surface area contributed by atoms with Crippen LogP contribution in [0.4, 0.5) is 11.4 Å². The van der Waals surface area contributed by atoms with Crippen molar-refractivity contribution >= 4 is 53.4 Å². The highest BCUT2D eigenvalue weighted by atomic mass is 32.2. The first-order valence-corrected chi connectivity index (χ1v) is 26.2. The van der Waals surface area contributed by atoms with E-state index < -0.39 is 52.9 Å². The molecule has 2 heterocycles. The van der Waals surface area contributed by atoms with Crippen LogP contribution in [0.5, 0.6) is 0 Å². The molecule has 2 atom stereocenters. The third-order valence-corrected chi connectivity index (χ3v) is 14.2. The van der Waals surface area contributed by atoms with Crippen molar-refractivity contribution in [2.75, 3.05) is 104 Å². The molecule has 0 amide bonds. The number of aliphatic carboxylic acids is 1. The predicted octanol–water partition coefficient (Wildman–Crippen LogP) is 4.82. The fraction of sp³-hybridized carbons (Fsp3) is 0.591. The van der Waals surface area contributed by atoms with Gasteiger partial charge in [0.1, 0.15) is 6.54 Å². The second-order valence-electron chi connectivity index (χ2n) is 16.4. The van der Waals surface area contributed by atoms with Crippen molar-refractivity contribution in [3.05, 3.63) is 71.5 Å². The average molecular weight is 990 g/mol. The van der Waals surface area contributed by atoms with Crippen molar-refractivity contribution in [2.24, 2.45) is 0 Å². The number of carboxylic acids is 1. The van der Waals surface area contributed by atoms with E-state index in [2.05, 4.69) is 0 Å². The summed E-state index contributed by atoms with van der Waals surface area (Å²) in [6.07, 6.45) is 7.78. The maximum Gasteiger partial charge on any atom is 0.303 e. The van der Waals surface area contributed by atoms with E-state index in [-0.39, 0.29) is 55.6 Å². The second-order valence-corrected chi connectivity index (χ2v) is 20.8. The van der Waals surface area contributed by atoms with Crippen molar-refractivity contribution in [3.8, 4) is 0 Å². The summed E-state index contributed by atoms with van der Waals surface area (Å²) < 4.78 is 138. The summed E-state index contributed by atoms with van der Waals surface area (Å²) in [5, 5.41) is 9.25. The number of rotatable bonds is 32. The number of hydrogen-bond acceptors (Lipinski definition) is 14. The molecule has 0 spiro atoms. The van der Waals surface area contributed by atoms with Crippen LogP contribution in [0.3, 0.4) is 0 Å². The maximum atomic E-state index is 12.5. The van der Waals surface area contributed by atoms with Crippen LogP contribution in [0.25, 0.3) is 0 Å². The number of fused-ring (bicyclic) bond motifs is 2. The van der Waals surface area contributed by atoms with Gasteiger partial charge < -0.3 is 38.4 Å². The van der Waals surface area contributed by atoms with Crippen molar-refractivity contribution in [1.29, 1.82) is 0 Å². The Morgan fingerprint density at radius 3 is 1.76 bits per heavy atom. The molecule has 2 aromatic rings. The fourth-order valence-electron chi connectivity index (χ4n) is 8.23. The smallest absolute Gasteiger partial charge is 0.303 e. The number of unbranched alkanes of at least 4 members (excludes halogenated alkanes) is 2. The number of nitrogens with zero attached hydrogens (tertiary/aromatic N) is 2. The van der Waals surface area contributed by atoms with E-state index in [9.17, 15) is 48.8 Å². The highest BCUT2D eigenvalue weighted by Gasteiger charge is 2.48. The van der Waals surface area contributed by atoms with Gasteiger partial charge in [0.15, 0.2) is 5.71 Å². The molecule has 0 radical (unpaired) electrons. The molecule has 370 valence electrons. The van der Waals surface area contributed by atoms with E-state index in [0.29, 0.717) is 107 Å². The van der Waals surface area contributed by atoms with Crippen LogP contribution in [0.1, 0.15) is 69.9 Å². The molecule has 0 saturated heterocycles. The molecule has 2 unspecified atom stereocenters. The van der Waals surface area contributed by atoms with Crippen LogP contribution < -0.4 is 4.90 Å². The normalized spacial score (nSPS) is 19.4. The molecular weight excluding hydrogens is 925 g/mol. The summed E-state index contributed by atoms with van der Waals surface area (Å²) in [4.78, 5) is 12.7. The minimum absolute atomic E-state index is 0.00129. The number of anilines is 1. The zero-order chi connectivity index (χ0) is 48.6. The molecule has 0 saturated carbocycles. The van der Waals surface area contributed by atoms with Gasteiger partial charge in [0.25, 0.3) is 30.4 Å². The second kappa shape index (κ2) is 25.1. The Hall–Kier alpha value is -3.65. The monoisotopic (exact) mass is 989 g/mol. The molecule has 66 heavy (non-hydrogen) atoms. The summed E-state index contributed by atoms with van der Waals surface area (Å²) in [5.41, 5.74) is 1.84. The van der Waals surface area contributed by atoms with Crippen molar-refractivity contribution in [3.63, 3.8) is 0 Å². The number of carbonyl (C=O) groups is 1. The molecule has 0 aliphatic carbocycles. The molecule has 0 bridgehead atoms. The third-order valence-electron chi connectivity index (χ3n) is 11.7. The van der Waals surface area contributed by atoms with Crippen molar-refractivity contribution in [1.82, 2.24) is 0 Å². The topological polar surface area (TPSA) is 262 Å². The zero-order valence-corrected chi connectivity index (χ0v) is 40.5. The molecule has 4 N–H and O–H groups in total. The van der Waals surface area contributed by atoms with Crippen LogP contribution in [-0.4, -0.2) is 159 Å². The predicted molar refractivity (Wildman–Crippen MR) is 245 cm³/mol. The number of methoxy groups -OCH3 is 2. The van der Waals surface area contributed by atoms with E-state index in [0.717, 1.165) is 5.70 Å². The lowest BCUT2D eigenvalue weighted by Gasteiger charge is -2.30. The number of benzene rings is 2. The summed E-state index contributed by atoms with van der Waals surface area (Å²) >= 11 is 0. The fourth-order valence-corrected chi connectivity index (χ4v) is 9.74. The molecule has 2 aliphatic heterocycles. The number of hydrogen-bond donors (Lipinski definition) is 4. The maximum absolute atomic E-state index is 12.5. The first-order valence-electron chi connectivity index (χ1n) is 21.7. The number of allylic oxidation sites excluding steroid dienone is 4. The lowest BCUT2D eigenvalue weighted by atomic mass is 9.76. The molecule has 19 nitrogen and oxygen atoms in total. The molecule has 22 heteroatoms. The van der Waals surface area contributed by atoms with E-state index in [1.807, 2.05) is 35.5 Å². The van der Waals surface area contributed by atoms with E-state index in [4.69, 9.17) is 28.4 Å². The van der Waals surface area contributed by atoms with Gasteiger partial charge in [0.2, 0.25) is 5.69 Å². The van der Waals surface area contributed by atoms with Gasteiger partial charge in [-0.25, -0.2) is 0 Å². The Kier molecular flexibility index (Phi) is 20.9. The lowest BCUT2D eigenvalue weighted by molar-refractivity contribution is -0.437. The first-order chi connectivity index (χ1) is 31.2. The minimum atomic E-state index is -4.64. The van der Waals surface area contributed by atoms with Gasteiger partial charge in [-0.1, -0.05) is 12.5 Å². The minimum Gasteiger partial charge on any atom is -0.481 e. The number of carboxylic acid groups (broad SMARTS) is 1. The van der Waals surface area contributed by atoms with Gasteiger partial charge in [0.05, 0.1) is 73.8 Å². The SMILES string of the molecule is COCCOCCOCCC1(C)C(=CC=CC2=[N+](CCCS(=O)(=O)O)c3ccc(S(=O)(=O)O)cc3C2(C)CCOCCOCCOC)N(CCCCCC(=O)O)c2ccc(S(=O)(=O)O)cc21. The molecule has 4 rings (SSSR count). The number of ether oxygens (including phenoxy) is 6. The van der Waals surface area contributed by atoms with Crippen LogP contribution in [0.15, 0.2) is 70.1 Å². The molecule has 0 fully saturated rings. The zero-order valence-electron chi connectivity index (χ0n) is 38.1. The molecule has 0 aromatic heterocycles. The third kappa shape index (κ3) is 15.4. The van der Waals surface area contributed by atoms with Crippen molar-refractivity contribution in [2.45, 2.75) is 79.4 Å². The summed E-state index contributed by atoms with van der Waals surface area (Å²) in [6, 6.07) is 8.60. The Bertz CT molecular complexity index is 2390. The van der Waals surface area contributed by atoms with Gasteiger partial charge >= 0.3 is 5.97 Å². The first kappa shape index (κ1) is 55.0. The summed E-state index contributed by atoms with van der Waals surface area (Å²) in [6.45, 7) is 7.52. The van der Waals surface area contributed by atoms with E-state index >= 15 is 0 Å². The van der Waals surface area contributed by atoms with Crippen molar-refractivity contribution < 1.29 is 81.8 Å². The standard InChI is InChI=1S/C44H64N2O17S3/c1-43(17-21-60-27-29-62-25-23-58-3)36-32-34(65(52,53)54)13-15-38(36)45(19-7-5-6-12-42(47)48)40(43)10-8-11-41-44(2,18-22-61-28-30-63-26-24-59-4)37-33-35(66(55,56)57)14-16-39(37)46(41)20-9-31-64(49,50)51/h8,10-11,13-16,32-33H,5-7,9,12,17-31H2,1-4H3,(H3-,47,48,49,50,51,52,53,54,55,56,57)/p+1. The summed E-state index contributed by atoms with van der Waals surface area (Å²) in [5.74, 6) is -1.45. The largest absolute Gasteiger partial charge is 0.481 e. The van der Waals surface area contributed by atoms with E-state index in [1.54, 1.807) is 32.4 Å². The Morgan fingerprint density at radius 2 is 1.21 bits per heavy atom. The Morgan fingerprint density at radius 1 is 0.682 bits per heavy atom. The highest BCUT2D eigenvalue weighted by molar-refractivity contribution is 7.86. The van der Waals surface area contributed by atoms with Gasteiger partial charge in [-0.05, 0) is 81.5 Å².